The van der Waals surface area contributed by atoms with E-state index in [2.05, 4.69) is 25.8 Å². The molecule has 0 atom stereocenters. The minimum absolute atomic E-state index is 0.255. The van der Waals surface area contributed by atoms with Gasteiger partial charge in [0.05, 0.1) is 0 Å². The summed E-state index contributed by atoms with van der Waals surface area (Å²) in [5.41, 5.74) is 3.03. The van der Waals surface area contributed by atoms with Gasteiger partial charge in [0, 0.05) is 24.5 Å². The summed E-state index contributed by atoms with van der Waals surface area (Å²) >= 11 is 0. The summed E-state index contributed by atoms with van der Waals surface area (Å²) in [4.78, 5) is 14.3. The van der Waals surface area contributed by atoms with Gasteiger partial charge in [0.15, 0.2) is 11.7 Å². The van der Waals surface area contributed by atoms with Gasteiger partial charge in [0.1, 0.15) is 11.5 Å². The maximum Gasteiger partial charge on any atom is 0.192 e. The van der Waals surface area contributed by atoms with E-state index < -0.39 is 0 Å². The molecule has 0 aliphatic heterocycles. The summed E-state index contributed by atoms with van der Waals surface area (Å²) in [6.07, 6.45) is 1.97. The number of carbonyl (C=O) groups is 1. The van der Waals surface area contributed by atoms with Gasteiger partial charge in [-0.1, -0.05) is 94.8 Å². The predicted molar refractivity (Wildman–Crippen MR) is 118 cm³/mol. The van der Waals surface area contributed by atoms with Gasteiger partial charge in [0.2, 0.25) is 0 Å². The van der Waals surface area contributed by atoms with Crippen molar-refractivity contribution in [2.24, 2.45) is 5.92 Å². The van der Waals surface area contributed by atoms with Crippen molar-refractivity contribution in [2.45, 2.75) is 54.4 Å². The molecule has 0 unspecified atom stereocenters. The molecule has 3 rings (SSSR count). The minimum atomic E-state index is 0.255. The van der Waals surface area contributed by atoms with Gasteiger partial charge in [0.25, 0.3) is 0 Å². The molecule has 0 spiro atoms. The topological polar surface area (TPSA) is 43.1 Å². The average Bonchev–Trinajstić information content (AvgIpc) is 3.12. The molecular formula is C25H33NO2. The number of oxazole rings is 1. The molecule has 0 fully saturated rings. The van der Waals surface area contributed by atoms with Crippen LogP contribution in [0.2, 0.25) is 0 Å². The third-order valence-electron chi connectivity index (χ3n) is 4.13. The van der Waals surface area contributed by atoms with Crippen LogP contribution in [0.25, 0.3) is 22.6 Å². The lowest BCUT2D eigenvalue weighted by Gasteiger charge is -2.00. The molecule has 3 nitrogen and oxygen atoms in total. The minimum Gasteiger partial charge on any atom is -0.440 e. The van der Waals surface area contributed by atoms with Crippen molar-refractivity contribution in [3.8, 4) is 22.6 Å². The molecule has 0 saturated carbocycles. The highest BCUT2D eigenvalue weighted by atomic mass is 16.4. The lowest BCUT2D eigenvalue weighted by molar-refractivity contribution is -0.116. The van der Waals surface area contributed by atoms with Crippen LogP contribution in [-0.4, -0.2) is 10.8 Å². The standard InChI is InChI=1S/C16H13NO.C5H12.C4H8O/c1-12-17-15(13-8-4-2-5-9-13)16(18-12)14-10-6-3-7-11-14;1-4-5(2)3;1-3-4(2)5/h2-11H,1H3;5H,4H2,1-3H3;3H2,1-2H3. The summed E-state index contributed by atoms with van der Waals surface area (Å²) in [6.45, 7) is 12.0. The molecule has 150 valence electrons. The van der Waals surface area contributed by atoms with Crippen molar-refractivity contribution in [3.63, 3.8) is 0 Å². The van der Waals surface area contributed by atoms with Gasteiger partial charge in [-0.15, -0.1) is 0 Å². The van der Waals surface area contributed by atoms with E-state index in [9.17, 15) is 4.79 Å². The van der Waals surface area contributed by atoms with Crippen LogP contribution in [0.4, 0.5) is 0 Å². The van der Waals surface area contributed by atoms with Crippen molar-refractivity contribution in [1.82, 2.24) is 4.98 Å². The molecule has 2 aromatic carbocycles. The van der Waals surface area contributed by atoms with Crippen LogP contribution in [0.15, 0.2) is 65.1 Å². The summed E-state index contributed by atoms with van der Waals surface area (Å²) in [5.74, 6) is 2.66. The van der Waals surface area contributed by atoms with Crippen molar-refractivity contribution in [1.29, 1.82) is 0 Å². The molecule has 1 aromatic heterocycles. The molecule has 1 heterocycles. The average molecular weight is 380 g/mol. The van der Waals surface area contributed by atoms with Gasteiger partial charge in [-0.3, -0.25) is 0 Å². The Kier molecular flexibility index (Phi) is 10.6. The van der Waals surface area contributed by atoms with E-state index in [1.165, 1.54) is 6.42 Å². The normalized spacial score (nSPS) is 9.82. The highest BCUT2D eigenvalue weighted by Crippen LogP contribution is 2.32. The van der Waals surface area contributed by atoms with Gasteiger partial charge in [-0.25, -0.2) is 4.98 Å². The summed E-state index contributed by atoms with van der Waals surface area (Å²) in [5, 5.41) is 0. The molecule has 0 saturated heterocycles. The van der Waals surface area contributed by atoms with Crippen molar-refractivity contribution in [3.05, 3.63) is 66.6 Å². The van der Waals surface area contributed by atoms with E-state index in [0.717, 1.165) is 28.5 Å². The first kappa shape index (κ1) is 23.4. The van der Waals surface area contributed by atoms with Crippen molar-refractivity contribution < 1.29 is 9.21 Å². The van der Waals surface area contributed by atoms with Gasteiger partial charge in [-0.05, 0) is 12.8 Å². The Morgan fingerprint density at radius 2 is 1.36 bits per heavy atom. The van der Waals surface area contributed by atoms with Crippen LogP contribution in [-0.2, 0) is 4.79 Å². The van der Waals surface area contributed by atoms with Crippen LogP contribution < -0.4 is 0 Å². The SMILES string of the molecule is CCC(C)=O.CCC(C)C.Cc1nc(-c2ccccc2)c(-c2ccccc2)o1. The molecule has 3 aromatic rings. The fourth-order valence-corrected chi connectivity index (χ4v) is 2.00. The Morgan fingerprint density at radius 1 is 0.929 bits per heavy atom. The second-order valence-corrected chi connectivity index (χ2v) is 7.00. The third-order valence-corrected chi connectivity index (χ3v) is 4.13. The Hall–Kier alpha value is -2.68. The smallest absolute Gasteiger partial charge is 0.192 e. The molecule has 0 radical (unpaired) electrons. The van der Waals surface area contributed by atoms with E-state index in [1.54, 1.807) is 6.92 Å². The second-order valence-electron chi connectivity index (χ2n) is 7.00. The molecule has 0 aliphatic rings. The lowest BCUT2D eigenvalue weighted by atomic mass is 10.1. The fourth-order valence-electron chi connectivity index (χ4n) is 2.00. The Labute approximate surface area is 169 Å². The van der Waals surface area contributed by atoms with E-state index in [1.807, 2.05) is 74.5 Å². The van der Waals surface area contributed by atoms with Crippen molar-refractivity contribution >= 4 is 5.78 Å². The van der Waals surface area contributed by atoms with Crippen LogP contribution in [0.1, 0.15) is 53.4 Å². The third kappa shape index (κ3) is 8.34. The molecular weight excluding hydrogens is 346 g/mol. The second kappa shape index (κ2) is 12.7. The maximum absolute atomic E-state index is 9.81. The van der Waals surface area contributed by atoms with Crippen LogP contribution in [0, 0.1) is 12.8 Å². The number of hydrogen-bond acceptors (Lipinski definition) is 3. The fraction of sp³-hybridized carbons (Fsp3) is 0.360. The lowest BCUT2D eigenvalue weighted by Crippen LogP contribution is -1.81. The van der Waals surface area contributed by atoms with E-state index in [0.29, 0.717) is 12.3 Å². The molecule has 28 heavy (non-hydrogen) atoms. The van der Waals surface area contributed by atoms with E-state index in [-0.39, 0.29) is 5.78 Å². The molecule has 0 bridgehead atoms. The molecule has 3 heteroatoms. The number of carbonyl (C=O) groups excluding carboxylic acids is 1. The van der Waals surface area contributed by atoms with Crippen LogP contribution >= 0.6 is 0 Å². The summed E-state index contributed by atoms with van der Waals surface area (Å²) < 4.78 is 5.74. The number of rotatable bonds is 4. The maximum atomic E-state index is 9.81. The molecule has 0 amide bonds. The first-order valence-electron chi connectivity index (χ1n) is 9.96. The Morgan fingerprint density at radius 3 is 1.75 bits per heavy atom. The predicted octanol–water partition coefficient (Wildman–Crippen LogP) is 7.35. The zero-order chi connectivity index (χ0) is 20.9. The monoisotopic (exact) mass is 379 g/mol. The zero-order valence-corrected chi connectivity index (χ0v) is 18.0. The molecule has 0 aliphatic carbocycles. The van der Waals surface area contributed by atoms with E-state index in [4.69, 9.17) is 4.42 Å². The largest absolute Gasteiger partial charge is 0.440 e. The van der Waals surface area contributed by atoms with Crippen molar-refractivity contribution in [2.75, 3.05) is 0 Å². The highest BCUT2D eigenvalue weighted by molar-refractivity contribution is 5.76. The summed E-state index contributed by atoms with van der Waals surface area (Å²) in [6, 6.07) is 20.2. The van der Waals surface area contributed by atoms with E-state index >= 15 is 0 Å². The number of benzene rings is 2. The first-order valence-corrected chi connectivity index (χ1v) is 9.96. The quantitative estimate of drug-likeness (QED) is 0.476. The van der Waals surface area contributed by atoms with Crippen LogP contribution in [0.3, 0.4) is 0 Å². The zero-order valence-electron chi connectivity index (χ0n) is 18.0. The number of hydrogen-bond donors (Lipinski definition) is 0. The number of nitrogens with zero attached hydrogens (tertiary/aromatic N) is 1. The number of Topliss-reactive ketones (excluding diaryl/α,β-unsaturated/α-hetero) is 1. The first-order chi connectivity index (χ1) is 13.4. The number of ketones is 1. The molecule has 0 N–H and O–H groups in total. The Bertz CT molecular complexity index is 748. The van der Waals surface area contributed by atoms with Gasteiger partial charge >= 0.3 is 0 Å². The summed E-state index contributed by atoms with van der Waals surface area (Å²) in [7, 11) is 0. The van der Waals surface area contributed by atoms with Gasteiger partial charge < -0.3 is 9.21 Å². The Balaban J connectivity index is 0.000000329. The highest BCUT2D eigenvalue weighted by Gasteiger charge is 2.14. The van der Waals surface area contributed by atoms with Crippen LogP contribution in [0.5, 0.6) is 0 Å². The number of aryl methyl sites for hydroxylation is 1. The number of aromatic nitrogens is 1. The van der Waals surface area contributed by atoms with Gasteiger partial charge in [-0.2, -0.15) is 0 Å².